The van der Waals surface area contributed by atoms with Gasteiger partial charge in [0.2, 0.25) is 5.95 Å². The minimum atomic E-state index is -0.179. The van der Waals surface area contributed by atoms with E-state index in [1.807, 2.05) is 127 Å². The second-order valence-electron chi connectivity index (χ2n) is 18.5. The molecule has 384 valence electrons. The van der Waals surface area contributed by atoms with Crippen molar-refractivity contribution in [3.8, 4) is 17.1 Å². The normalized spacial score (nSPS) is 14.4. The zero-order chi connectivity index (χ0) is 52.1. The Bertz CT molecular complexity index is 3740. The lowest BCUT2D eigenvalue weighted by molar-refractivity contribution is 0.0945. The van der Waals surface area contributed by atoms with Gasteiger partial charge in [-0.15, -0.1) is 0 Å². The van der Waals surface area contributed by atoms with E-state index < -0.39 is 0 Å². The average Bonchev–Trinajstić information content (AvgIpc) is 4.06. The first-order chi connectivity index (χ1) is 36.6. The molecule has 0 radical (unpaired) electrons. The number of hydrogen-bond acceptors (Lipinski definition) is 14. The summed E-state index contributed by atoms with van der Waals surface area (Å²) in [6.07, 6.45) is 13.9. The molecule has 0 amide bonds. The van der Waals surface area contributed by atoms with E-state index in [0.29, 0.717) is 67.9 Å². The number of fused-ring (bicyclic) bond motifs is 3. The molecule has 2 N–H and O–H groups in total. The van der Waals surface area contributed by atoms with Gasteiger partial charge in [0, 0.05) is 56.1 Å². The van der Waals surface area contributed by atoms with E-state index in [-0.39, 0.29) is 16.7 Å². The molecule has 8 heterocycles. The van der Waals surface area contributed by atoms with Crippen LogP contribution in [0, 0.1) is 5.41 Å². The van der Waals surface area contributed by atoms with Gasteiger partial charge in [0.15, 0.2) is 27.3 Å². The number of anilines is 3. The number of likely N-dealkylation sites (tertiary alicyclic amines) is 1. The molecule has 18 nitrogen and oxygen atoms in total. The first-order valence-corrected chi connectivity index (χ1v) is 27.6. The summed E-state index contributed by atoms with van der Waals surface area (Å²) in [4.78, 5) is 68.5. The summed E-state index contributed by atoms with van der Waals surface area (Å²) in [5, 5.41) is 8.97. The van der Waals surface area contributed by atoms with Gasteiger partial charge < -0.3 is 15.1 Å². The first kappa shape index (κ1) is 50.7. The first-order valence-electron chi connectivity index (χ1n) is 25.1. The van der Waals surface area contributed by atoms with Crippen LogP contribution in [0.25, 0.3) is 50.2 Å². The predicted molar refractivity (Wildman–Crippen MR) is 301 cm³/mol. The summed E-state index contributed by atoms with van der Waals surface area (Å²) in [7, 11) is 2.24. The van der Waals surface area contributed by atoms with Crippen molar-refractivity contribution >= 4 is 73.9 Å². The minimum Gasteiger partial charge on any atom is -0.371 e. The molecule has 4 aromatic carbocycles. The van der Waals surface area contributed by atoms with Crippen molar-refractivity contribution in [2.24, 2.45) is 5.41 Å². The molecule has 2 aliphatic rings. The van der Waals surface area contributed by atoms with Gasteiger partial charge in [-0.2, -0.15) is 4.98 Å². The molecular weight excluding hydrogens is 983 g/mol. The maximum Gasteiger partial charge on any atom is 0.278 e. The average molecular weight is 1040 g/mol. The smallest absolute Gasteiger partial charge is 0.278 e. The molecule has 75 heavy (non-hydrogen) atoms. The summed E-state index contributed by atoms with van der Waals surface area (Å²) >= 11 is 2.91. The fraction of sp³-hybridized carbons (Fsp3) is 0.291. The number of nitrogens with zero attached hydrogens (tertiary/aromatic N) is 13. The van der Waals surface area contributed by atoms with Crippen molar-refractivity contribution in [1.82, 2.24) is 63.3 Å². The molecule has 20 heteroatoms. The molecule has 0 bridgehead atoms. The molecule has 0 aliphatic carbocycles. The zero-order valence-corrected chi connectivity index (χ0v) is 44.3. The van der Waals surface area contributed by atoms with E-state index in [2.05, 4.69) is 76.4 Å². The lowest BCUT2D eigenvalue weighted by Crippen LogP contribution is -2.46. The van der Waals surface area contributed by atoms with Crippen molar-refractivity contribution in [3.05, 3.63) is 165 Å². The molecule has 10 aromatic rings. The van der Waals surface area contributed by atoms with Crippen LogP contribution in [-0.4, -0.2) is 109 Å². The van der Waals surface area contributed by atoms with Gasteiger partial charge in [-0.05, 0) is 138 Å². The van der Waals surface area contributed by atoms with E-state index in [0.717, 1.165) is 35.8 Å². The fourth-order valence-electron chi connectivity index (χ4n) is 9.92. The Morgan fingerprint density at radius 1 is 0.547 bits per heavy atom. The molecule has 2 fully saturated rings. The summed E-state index contributed by atoms with van der Waals surface area (Å²) in [5.41, 5.74) is 6.98. The van der Waals surface area contributed by atoms with Crippen LogP contribution in [0.2, 0.25) is 0 Å². The number of H-pyrrole nitrogens is 1. The SMILES string of the molecule is CCn1c(=O)c2cnc(Nc3ccc(N4CCC5(CCN(C)CC5)CC4)cc3)nc2n1-c1ccccc1.CCn1c(=O)c2cnc(SC)nc2n1-c1ccccc1.CSc1ncc2c(=O)[nH]n(-c3ccccc3)c2n1. The summed E-state index contributed by atoms with van der Waals surface area (Å²) in [5.74, 6) is 0.473. The maximum absolute atomic E-state index is 13.0. The predicted octanol–water partition coefficient (Wildman–Crippen LogP) is 8.81. The topological polar surface area (TPSA) is 188 Å². The Morgan fingerprint density at radius 2 is 1.01 bits per heavy atom. The van der Waals surface area contributed by atoms with E-state index in [1.165, 1.54) is 68.0 Å². The number of para-hydroxylation sites is 3. The molecule has 2 saturated heterocycles. The van der Waals surface area contributed by atoms with Crippen LogP contribution in [0.3, 0.4) is 0 Å². The highest BCUT2D eigenvalue weighted by Gasteiger charge is 2.37. The van der Waals surface area contributed by atoms with Gasteiger partial charge in [-0.25, -0.2) is 48.3 Å². The van der Waals surface area contributed by atoms with Crippen molar-refractivity contribution < 1.29 is 0 Å². The third-order valence-electron chi connectivity index (χ3n) is 14.1. The molecule has 12 rings (SSSR count). The molecule has 1 spiro atoms. The van der Waals surface area contributed by atoms with Crippen molar-refractivity contribution in [2.45, 2.75) is 62.9 Å². The van der Waals surface area contributed by atoms with Gasteiger partial charge in [-0.3, -0.25) is 19.5 Å². The number of thioether (sulfide) groups is 2. The number of aromatic amines is 1. The monoisotopic (exact) mass is 1040 g/mol. The lowest BCUT2D eigenvalue weighted by Gasteiger charge is -2.46. The van der Waals surface area contributed by atoms with Crippen molar-refractivity contribution in [2.75, 3.05) is 56.0 Å². The van der Waals surface area contributed by atoms with Crippen LogP contribution >= 0.6 is 23.5 Å². The highest BCUT2D eigenvalue weighted by molar-refractivity contribution is 7.98. The van der Waals surface area contributed by atoms with E-state index >= 15 is 0 Å². The highest BCUT2D eigenvalue weighted by atomic mass is 32.2. The van der Waals surface area contributed by atoms with Crippen LogP contribution in [0.5, 0.6) is 0 Å². The van der Waals surface area contributed by atoms with Crippen LogP contribution in [0.1, 0.15) is 39.5 Å². The third kappa shape index (κ3) is 10.5. The Kier molecular flexibility index (Phi) is 15.1. The number of rotatable bonds is 10. The quantitative estimate of drug-likeness (QED) is 0.0977. The van der Waals surface area contributed by atoms with Crippen LogP contribution < -0.4 is 26.9 Å². The number of aromatic nitrogens is 12. The second-order valence-corrected chi connectivity index (χ2v) is 20.1. The largest absolute Gasteiger partial charge is 0.371 e. The number of piperidine rings is 2. The van der Waals surface area contributed by atoms with Crippen LogP contribution in [0.15, 0.2) is 159 Å². The van der Waals surface area contributed by atoms with Crippen LogP contribution in [-0.2, 0) is 13.1 Å². The van der Waals surface area contributed by atoms with Gasteiger partial charge >= 0.3 is 0 Å². The zero-order valence-electron chi connectivity index (χ0n) is 42.6. The molecule has 0 saturated carbocycles. The molecule has 0 unspecified atom stereocenters. The number of benzene rings is 4. The van der Waals surface area contributed by atoms with E-state index in [9.17, 15) is 14.4 Å². The van der Waals surface area contributed by atoms with Gasteiger partial charge in [0.05, 0.1) is 17.1 Å². The summed E-state index contributed by atoms with van der Waals surface area (Å²) in [6.45, 7) is 9.76. The second kappa shape index (κ2) is 22.3. The summed E-state index contributed by atoms with van der Waals surface area (Å²) in [6, 6.07) is 37.7. The number of nitrogens with one attached hydrogen (secondary N) is 2. The summed E-state index contributed by atoms with van der Waals surface area (Å²) < 4.78 is 8.79. The van der Waals surface area contributed by atoms with Gasteiger partial charge in [-0.1, -0.05) is 78.1 Å². The standard InChI is InChI=1S/C29H35N7O.C14H14N4OS.C12H10N4OS/c1-3-35-27(37)25-21-30-28(32-26(25)36(35)24-7-5-4-6-8-24)31-22-9-11-23(12-10-22)34-19-15-29(16-20-34)13-17-33(2)18-14-29;1-3-17-13(19)11-9-15-14(20-2)16-12(11)18(17)10-7-5-4-6-8-10;1-18-12-13-7-9-10(14-12)16(15-11(9)17)8-5-3-2-4-6-8/h4-12,21H,3,13-20H2,1-2H3,(H,30,31,32);4-9H,3H2,1-2H3;2-7H,1H3,(H,15,17). The van der Waals surface area contributed by atoms with Crippen LogP contribution in [0.4, 0.5) is 17.3 Å². The number of hydrogen-bond donors (Lipinski definition) is 2. The van der Waals surface area contributed by atoms with Crippen molar-refractivity contribution in [3.63, 3.8) is 0 Å². The lowest BCUT2D eigenvalue weighted by atomic mass is 9.71. The van der Waals surface area contributed by atoms with Gasteiger partial charge in [0.1, 0.15) is 16.2 Å². The molecular formula is C55H59N15O3S2. The third-order valence-corrected chi connectivity index (χ3v) is 15.2. The van der Waals surface area contributed by atoms with Gasteiger partial charge in [0.25, 0.3) is 16.7 Å². The van der Waals surface area contributed by atoms with E-state index in [4.69, 9.17) is 4.98 Å². The molecule has 6 aromatic heterocycles. The fourth-order valence-corrected chi connectivity index (χ4v) is 10.6. The Labute approximate surface area is 441 Å². The Morgan fingerprint density at radius 3 is 1.53 bits per heavy atom. The molecule has 0 atom stereocenters. The maximum atomic E-state index is 13.0. The van der Waals surface area contributed by atoms with E-state index in [1.54, 1.807) is 32.6 Å². The molecule has 2 aliphatic heterocycles. The Balaban J connectivity index is 0.000000142. The Hall–Kier alpha value is -7.81. The van der Waals surface area contributed by atoms with Crippen molar-refractivity contribution in [1.29, 1.82) is 0 Å². The minimum absolute atomic E-state index is 0.0565. The highest BCUT2D eigenvalue weighted by Crippen LogP contribution is 2.42.